The van der Waals surface area contributed by atoms with Crippen LogP contribution < -0.4 is 5.32 Å². The Kier molecular flexibility index (Phi) is 44.1. The van der Waals surface area contributed by atoms with Crippen LogP contribution in [-0.4, -0.2) is 46.1 Å². The minimum absolute atomic E-state index is 0.380. The summed E-state index contributed by atoms with van der Waals surface area (Å²) in [5, 5.41) is 33.1. The molecule has 3 unspecified atom stereocenters. The molecule has 55 heavy (non-hydrogen) atoms. The molecule has 4 N–H and O–H groups in total. The maximum Gasteiger partial charge on any atom is 0.249 e. The summed E-state index contributed by atoms with van der Waals surface area (Å²) in [6.45, 7) is 4.14. The van der Waals surface area contributed by atoms with E-state index in [0.717, 1.165) is 44.9 Å². The minimum Gasteiger partial charge on any atom is -0.394 e. The van der Waals surface area contributed by atoms with Gasteiger partial charge in [-0.25, -0.2) is 0 Å². The molecule has 324 valence electrons. The van der Waals surface area contributed by atoms with Gasteiger partial charge in [-0.05, 0) is 44.9 Å². The Morgan fingerprint density at radius 1 is 0.436 bits per heavy atom. The normalized spacial score (nSPS) is 13.8. The molecule has 0 aromatic carbocycles. The zero-order chi connectivity index (χ0) is 40.1. The maximum absolute atomic E-state index is 12.5. The molecule has 0 aliphatic rings. The number of amides is 1. The highest BCUT2D eigenvalue weighted by Gasteiger charge is 2.22. The van der Waals surface area contributed by atoms with Crippen molar-refractivity contribution in [2.75, 3.05) is 6.61 Å². The van der Waals surface area contributed by atoms with Gasteiger partial charge in [0, 0.05) is 0 Å². The molecule has 0 spiro atoms. The summed E-state index contributed by atoms with van der Waals surface area (Å²) in [6.07, 6.45) is 57.8. The zero-order valence-electron chi connectivity index (χ0n) is 36.8. The van der Waals surface area contributed by atoms with E-state index in [-0.39, 0.29) is 6.61 Å². The van der Waals surface area contributed by atoms with E-state index in [1.807, 2.05) is 6.08 Å². The van der Waals surface area contributed by atoms with E-state index >= 15 is 0 Å². The molecule has 0 aliphatic heterocycles. The molecule has 0 radical (unpaired) electrons. The van der Waals surface area contributed by atoms with E-state index in [4.69, 9.17) is 0 Å². The number of aliphatic hydroxyl groups excluding tert-OH is 3. The summed E-state index contributed by atoms with van der Waals surface area (Å²) < 4.78 is 0. The lowest BCUT2D eigenvalue weighted by molar-refractivity contribution is -0.131. The predicted octanol–water partition coefficient (Wildman–Crippen LogP) is 14.3. The van der Waals surface area contributed by atoms with Crippen molar-refractivity contribution >= 4 is 5.91 Å². The number of carbonyl (C=O) groups is 1. The summed E-state index contributed by atoms with van der Waals surface area (Å²) in [4.78, 5) is 12.5. The maximum atomic E-state index is 12.5. The van der Waals surface area contributed by atoms with Gasteiger partial charge in [-0.3, -0.25) is 4.79 Å². The fourth-order valence-corrected chi connectivity index (χ4v) is 7.39. The molecule has 3 atom stereocenters. The highest BCUT2D eigenvalue weighted by molar-refractivity contribution is 5.80. The van der Waals surface area contributed by atoms with Gasteiger partial charge in [0.25, 0.3) is 0 Å². The number of aliphatic hydroxyl groups is 3. The average Bonchev–Trinajstić information content (AvgIpc) is 3.19. The van der Waals surface area contributed by atoms with Gasteiger partial charge in [0.05, 0.1) is 18.8 Å². The third-order valence-electron chi connectivity index (χ3n) is 11.2. The summed E-state index contributed by atoms with van der Waals surface area (Å²) in [6, 6.07) is -0.818. The second-order valence-corrected chi connectivity index (χ2v) is 16.7. The van der Waals surface area contributed by atoms with Gasteiger partial charge >= 0.3 is 0 Å². The fourth-order valence-electron chi connectivity index (χ4n) is 7.39. The van der Waals surface area contributed by atoms with Crippen LogP contribution in [0.15, 0.2) is 36.5 Å². The summed E-state index contributed by atoms with van der Waals surface area (Å²) in [7, 11) is 0. The first-order valence-corrected chi connectivity index (χ1v) is 24.3. The van der Waals surface area contributed by atoms with Crippen LogP contribution in [0.5, 0.6) is 0 Å². The topological polar surface area (TPSA) is 89.8 Å². The fraction of sp³-hybridized carbons (Fsp3) is 0.860. The van der Waals surface area contributed by atoms with Crippen LogP contribution >= 0.6 is 0 Å². The Bertz CT molecular complexity index is 855. The zero-order valence-corrected chi connectivity index (χ0v) is 36.8. The van der Waals surface area contributed by atoms with E-state index in [0.29, 0.717) is 6.42 Å². The smallest absolute Gasteiger partial charge is 0.249 e. The number of rotatable bonds is 44. The Balaban J connectivity index is 3.56. The average molecular weight is 774 g/mol. The summed E-state index contributed by atoms with van der Waals surface area (Å²) in [5.74, 6) is -0.515. The van der Waals surface area contributed by atoms with Crippen molar-refractivity contribution in [2.45, 2.75) is 270 Å². The monoisotopic (exact) mass is 774 g/mol. The van der Waals surface area contributed by atoms with Crippen molar-refractivity contribution in [3.8, 4) is 0 Å². The molecule has 0 fully saturated rings. The molecule has 0 rings (SSSR count). The van der Waals surface area contributed by atoms with Crippen molar-refractivity contribution in [2.24, 2.45) is 0 Å². The van der Waals surface area contributed by atoms with E-state index < -0.39 is 24.2 Å². The van der Waals surface area contributed by atoms with Crippen LogP contribution in [0.25, 0.3) is 0 Å². The number of carbonyl (C=O) groups excluding carboxylic acids is 1. The Morgan fingerprint density at radius 2 is 0.745 bits per heavy atom. The summed E-state index contributed by atoms with van der Waals surface area (Å²) in [5.41, 5.74) is 0. The quantitative estimate of drug-likeness (QED) is 0.0367. The van der Waals surface area contributed by atoms with Crippen LogP contribution in [0.1, 0.15) is 251 Å². The lowest BCUT2D eigenvalue weighted by Crippen LogP contribution is -2.48. The minimum atomic E-state index is -1.11. The van der Waals surface area contributed by atoms with Crippen molar-refractivity contribution < 1.29 is 20.1 Å². The molecule has 0 saturated carbocycles. The molecule has 0 heterocycles. The van der Waals surface area contributed by atoms with Gasteiger partial charge in [0.2, 0.25) is 5.91 Å². The van der Waals surface area contributed by atoms with E-state index in [1.165, 1.54) is 186 Å². The lowest BCUT2D eigenvalue weighted by Gasteiger charge is -2.21. The van der Waals surface area contributed by atoms with Crippen LogP contribution in [0.3, 0.4) is 0 Å². The Morgan fingerprint density at radius 3 is 1.11 bits per heavy atom. The van der Waals surface area contributed by atoms with Crippen molar-refractivity contribution in [1.82, 2.24) is 5.32 Å². The van der Waals surface area contributed by atoms with Gasteiger partial charge in [0.1, 0.15) is 6.10 Å². The van der Waals surface area contributed by atoms with Gasteiger partial charge in [-0.15, -0.1) is 0 Å². The summed E-state index contributed by atoms with van der Waals surface area (Å²) >= 11 is 0. The van der Waals surface area contributed by atoms with E-state index in [9.17, 15) is 20.1 Å². The first-order chi connectivity index (χ1) is 27.1. The molecule has 5 heteroatoms. The number of allylic oxidation sites excluding steroid dienone is 5. The SMILES string of the molecule is CCCCC/C=C/CC/C=C/CC/C=C/C(O)C(CO)NC(=O)C(O)CCCCCCCCCCCCCCCCCCCCCCCCCCCCCC. The van der Waals surface area contributed by atoms with Crippen LogP contribution in [0.2, 0.25) is 0 Å². The van der Waals surface area contributed by atoms with Crippen molar-refractivity contribution in [1.29, 1.82) is 0 Å². The first kappa shape index (κ1) is 53.6. The van der Waals surface area contributed by atoms with E-state index in [1.54, 1.807) is 6.08 Å². The van der Waals surface area contributed by atoms with Crippen LogP contribution in [0.4, 0.5) is 0 Å². The Hall–Kier alpha value is -1.43. The standard InChI is InChI=1S/C50H95NO4/c1-3-5-7-9-11-13-15-17-18-19-20-21-22-23-24-25-26-27-28-29-30-31-33-35-37-39-41-43-45-49(54)50(55)51-47(46-52)48(53)44-42-40-38-36-34-32-16-14-12-10-8-6-4-2/h12,14,34,36,42,44,47-49,52-54H,3-11,13,15-33,35,37-41,43,45-46H2,1-2H3,(H,51,55)/b14-12+,36-34+,44-42+. The van der Waals surface area contributed by atoms with Gasteiger partial charge < -0.3 is 20.6 Å². The van der Waals surface area contributed by atoms with Gasteiger partial charge in [0.15, 0.2) is 0 Å². The Labute approximate surface area is 343 Å². The molecule has 0 saturated heterocycles. The van der Waals surface area contributed by atoms with Crippen LogP contribution in [-0.2, 0) is 4.79 Å². The molecule has 1 amide bonds. The van der Waals surface area contributed by atoms with Gasteiger partial charge in [-0.1, -0.05) is 243 Å². The molecule has 0 aromatic heterocycles. The third-order valence-corrected chi connectivity index (χ3v) is 11.2. The highest BCUT2D eigenvalue weighted by Crippen LogP contribution is 2.17. The van der Waals surface area contributed by atoms with E-state index in [2.05, 4.69) is 43.5 Å². The molecule has 0 aromatic rings. The number of hydrogen-bond acceptors (Lipinski definition) is 4. The second-order valence-electron chi connectivity index (χ2n) is 16.7. The number of unbranched alkanes of at least 4 members (excludes halogenated alkanes) is 32. The van der Waals surface area contributed by atoms with Gasteiger partial charge in [-0.2, -0.15) is 0 Å². The number of nitrogens with one attached hydrogen (secondary N) is 1. The third kappa shape index (κ3) is 40.6. The number of hydrogen-bond donors (Lipinski definition) is 4. The lowest BCUT2D eigenvalue weighted by atomic mass is 10.0. The largest absolute Gasteiger partial charge is 0.394 e. The highest BCUT2D eigenvalue weighted by atomic mass is 16.3. The molecule has 0 bridgehead atoms. The molecular weight excluding hydrogens is 679 g/mol. The predicted molar refractivity (Wildman–Crippen MR) is 241 cm³/mol. The molecule has 5 nitrogen and oxygen atoms in total. The van der Waals surface area contributed by atoms with Crippen molar-refractivity contribution in [3.05, 3.63) is 36.5 Å². The molecular formula is C50H95NO4. The molecule has 0 aliphatic carbocycles. The second kappa shape index (κ2) is 45.3. The van der Waals surface area contributed by atoms with Crippen LogP contribution in [0, 0.1) is 0 Å². The van der Waals surface area contributed by atoms with Crippen molar-refractivity contribution in [3.63, 3.8) is 0 Å². The first-order valence-electron chi connectivity index (χ1n) is 24.3.